The Morgan fingerprint density at radius 3 is 2.82 bits per heavy atom. The van der Waals surface area contributed by atoms with Gasteiger partial charge in [-0.2, -0.15) is 0 Å². The molecule has 0 aliphatic heterocycles. The van der Waals surface area contributed by atoms with Crippen molar-refractivity contribution in [1.82, 2.24) is 9.97 Å². The molecule has 6 heteroatoms. The number of anilines is 2. The van der Waals surface area contributed by atoms with Gasteiger partial charge >= 0.3 is 0 Å². The minimum Gasteiger partial charge on any atom is -0.374 e. The number of aromatic nitrogens is 2. The smallest absolute Gasteiger partial charge is 0.158 e. The van der Waals surface area contributed by atoms with Crippen molar-refractivity contribution in [3.63, 3.8) is 0 Å². The van der Waals surface area contributed by atoms with Gasteiger partial charge in [0.05, 0.1) is 0 Å². The van der Waals surface area contributed by atoms with Crippen LogP contribution in [-0.4, -0.2) is 23.1 Å². The lowest BCUT2D eigenvalue weighted by Crippen LogP contribution is -2.13. The summed E-state index contributed by atoms with van der Waals surface area (Å²) >= 11 is 0. The van der Waals surface area contributed by atoms with Gasteiger partial charge in [-0.05, 0) is 25.7 Å². The first-order valence-electron chi connectivity index (χ1n) is 5.98. The van der Waals surface area contributed by atoms with Crippen LogP contribution < -0.4 is 16.6 Å². The van der Waals surface area contributed by atoms with Crippen molar-refractivity contribution in [2.75, 3.05) is 23.9 Å². The topological polar surface area (TPSA) is 85.1 Å². The molecule has 0 bridgehead atoms. The summed E-state index contributed by atoms with van der Waals surface area (Å²) in [4.78, 5) is 8.60. The number of nitrogens with one attached hydrogen (secondary N) is 2. The summed E-state index contributed by atoms with van der Waals surface area (Å²) in [5, 5.41) is 3.30. The third-order valence-electron chi connectivity index (χ3n) is 2.62. The molecule has 1 heterocycles. The molecule has 1 aromatic rings. The number of nitrogens with two attached hydrogens (primary N) is 1. The van der Waals surface area contributed by atoms with E-state index < -0.39 is 0 Å². The van der Waals surface area contributed by atoms with Crippen LogP contribution in [0.4, 0.5) is 11.6 Å². The maximum Gasteiger partial charge on any atom is 0.158 e. The monoisotopic (exact) mass is 237 g/mol. The zero-order chi connectivity index (χ0) is 12.1. The number of hydrogen-bond donors (Lipinski definition) is 3. The summed E-state index contributed by atoms with van der Waals surface area (Å²) in [6, 6.07) is 1.80. The van der Waals surface area contributed by atoms with E-state index in [0.29, 0.717) is 24.9 Å². The van der Waals surface area contributed by atoms with E-state index >= 15 is 0 Å². The van der Waals surface area contributed by atoms with Gasteiger partial charge in [-0.3, -0.25) is 0 Å². The van der Waals surface area contributed by atoms with Gasteiger partial charge in [0.15, 0.2) is 5.82 Å². The third kappa shape index (κ3) is 3.83. The second kappa shape index (κ2) is 5.79. The molecular weight excluding hydrogens is 218 g/mol. The molecule has 17 heavy (non-hydrogen) atoms. The average Bonchev–Trinajstić information content (AvgIpc) is 3.17. The first-order valence-corrected chi connectivity index (χ1v) is 5.98. The lowest BCUT2D eigenvalue weighted by atomic mass is 10.4. The third-order valence-corrected chi connectivity index (χ3v) is 2.62. The predicted molar refractivity (Wildman–Crippen MR) is 66.4 cm³/mol. The highest BCUT2D eigenvalue weighted by molar-refractivity contribution is 5.46. The number of ether oxygens (including phenoxy) is 1. The van der Waals surface area contributed by atoms with Crippen LogP contribution in [0.1, 0.15) is 25.6 Å². The Hall–Kier alpha value is -1.40. The number of nitrogen functional groups attached to an aromatic ring is 1. The fourth-order valence-corrected chi connectivity index (χ4v) is 1.49. The van der Waals surface area contributed by atoms with Crippen LogP contribution in [0.25, 0.3) is 0 Å². The van der Waals surface area contributed by atoms with Crippen molar-refractivity contribution in [3.8, 4) is 0 Å². The van der Waals surface area contributed by atoms with Crippen molar-refractivity contribution in [3.05, 3.63) is 11.9 Å². The Labute approximate surface area is 101 Å². The summed E-state index contributed by atoms with van der Waals surface area (Å²) in [6.07, 6.45) is 2.62. The van der Waals surface area contributed by atoms with E-state index in [0.717, 1.165) is 18.3 Å². The van der Waals surface area contributed by atoms with Crippen molar-refractivity contribution in [1.29, 1.82) is 0 Å². The number of rotatable bonds is 7. The van der Waals surface area contributed by atoms with Crippen LogP contribution in [-0.2, 0) is 11.3 Å². The average molecular weight is 237 g/mol. The van der Waals surface area contributed by atoms with E-state index in [-0.39, 0.29) is 0 Å². The molecule has 1 fully saturated rings. The minimum atomic E-state index is 0.407. The largest absolute Gasteiger partial charge is 0.374 e. The van der Waals surface area contributed by atoms with Crippen molar-refractivity contribution in [2.45, 2.75) is 26.4 Å². The quantitative estimate of drug-likeness (QED) is 0.487. The first-order chi connectivity index (χ1) is 8.31. The second-order valence-electron chi connectivity index (χ2n) is 4.16. The van der Waals surface area contributed by atoms with Crippen LogP contribution in [0, 0.1) is 5.92 Å². The van der Waals surface area contributed by atoms with Crippen LogP contribution in [0.2, 0.25) is 0 Å². The zero-order valence-electron chi connectivity index (χ0n) is 10.1. The number of nitrogens with zero attached hydrogens (tertiary/aromatic N) is 2. The summed E-state index contributed by atoms with van der Waals surface area (Å²) in [5.74, 6) is 8.22. The van der Waals surface area contributed by atoms with Crippen LogP contribution >= 0.6 is 0 Å². The Bertz CT molecular complexity index is 367. The lowest BCUT2D eigenvalue weighted by Gasteiger charge is -2.09. The highest BCUT2D eigenvalue weighted by atomic mass is 16.5. The Balaban J connectivity index is 2.00. The summed E-state index contributed by atoms with van der Waals surface area (Å²) in [7, 11) is 0. The molecule has 2 rings (SSSR count). The fraction of sp³-hybridized carbons (Fsp3) is 0.636. The second-order valence-corrected chi connectivity index (χ2v) is 4.16. The van der Waals surface area contributed by atoms with E-state index in [4.69, 9.17) is 10.6 Å². The van der Waals surface area contributed by atoms with E-state index in [9.17, 15) is 0 Å². The Morgan fingerprint density at radius 1 is 1.41 bits per heavy atom. The van der Waals surface area contributed by atoms with Gasteiger partial charge in [-0.1, -0.05) is 0 Å². The van der Waals surface area contributed by atoms with E-state index in [1.165, 1.54) is 12.8 Å². The molecule has 1 aliphatic carbocycles. The molecule has 1 aliphatic rings. The summed E-state index contributed by atoms with van der Waals surface area (Å²) in [5.41, 5.74) is 2.54. The Morgan fingerprint density at radius 2 is 2.18 bits per heavy atom. The van der Waals surface area contributed by atoms with Gasteiger partial charge in [0.25, 0.3) is 0 Å². The predicted octanol–water partition coefficient (Wildman–Crippen LogP) is 1.12. The van der Waals surface area contributed by atoms with Crippen molar-refractivity contribution in [2.24, 2.45) is 11.8 Å². The fourth-order valence-electron chi connectivity index (χ4n) is 1.49. The van der Waals surface area contributed by atoms with E-state index in [2.05, 4.69) is 20.7 Å². The van der Waals surface area contributed by atoms with Crippen LogP contribution in [0.3, 0.4) is 0 Å². The maximum absolute atomic E-state index is 5.38. The van der Waals surface area contributed by atoms with Gasteiger partial charge in [0.2, 0.25) is 0 Å². The van der Waals surface area contributed by atoms with Gasteiger partial charge in [0.1, 0.15) is 18.2 Å². The number of hydrazine groups is 1. The molecule has 0 saturated heterocycles. The van der Waals surface area contributed by atoms with Gasteiger partial charge in [0, 0.05) is 19.2 Å². The molecule has 0 unspecified atom stereocenters. The highest BCUT2D eigenvalue weighted by Gasteiger charge is 2.20. The molecule has 0 aromatic carbocycles. The summed E-state index contributed by atoms with van der Waals surface area (Å²) < 4.78 is 5.29. The molecule has 1 saturated carbocycles. The Kier molecular flexibility index (Phi) is 4.11. The van der Waals surface area contributed by atoms with Gasteiger partial charge in [-0.15, -0.1) is 0 Å². The minimum absolute atomic E-state index is 0.407. The summed E-state index contributed by atoms with van der Waals surface area (Å²) in [6.45, 7) is 3.96. The maximum atomic E-state index is 5.38. The van der Waals surface area contributed by atoms with Crippen molar-refractivity contribution >= 4 is 11.6 Å². The standard InChI is InChI=1S/C11H19N5O/c1-2-17-7-11-14-9(5-10(15-11)16-12)13-6-8-3-4-8/h5,8H,2-4,6-7,12H2,1H3,(H2,13,14,15,16). The molecule has 0 spiro atoms. The first kappa shape index (κ1) is 12.1. The molecule has 0 radical (unpaired) electrons. The van der Waals surface area contributed by atoms with Crippen molar-refractivity contribution < 1.29 is 4.74 Å². The van der Waals surface area contributed by atoms with Crippen LogP contribution in [0.15, 0.2) is 6.07 Å². The van der Waals surface area contributed by atoms with Gasteiger partial charge in [-0.25, -0.2) is 15.8 Å². The highest BCUT2D eigenvalue weighted by Crippen LogP contribution is 2.28. The SMILES string of the molecule is CCOCc1nc(NN)cc(NCC2CC2)n1. The lowest BCUT2D eigenvalue weighted by molar-refractivity contribution is 0.128. The van der Waals surface area contributed by atoms with Crippen LogP contribution in [0.5, 0.6) is 0 Å². The molecule has 1 aromatic heterocycles. The molecule has 6 nitrogen and oxygen atoms in total. The van der Waals surface area contributed by atoms with E-state index in [1.54, 1.807) is 6.07 Å². The molecule has 0 atom stereocenters. The van der Waals surface area contributed by atoms with Gasteiger partial charge < -0.3 is 15.5 Å². The molecular formula is C11H19N5O. The normalized spacial score (nSPS) is 14.7. The van der Waals surface area contributed by atoms with E-state index in [1.807, 2.05) is 6.92 Å². The molecule has 4 N–H and O–H groups in total. The number of hydrogen-bond acceptors (Lipinski definition) is 6. The molecule has 0 amide bonds. The zero-order valence-corrected chi connectivity index (χ0v) is 10.1. The molecule has 94 valence electrons.